The number of likely N-dealkylation sites (tertiary alicyclic amines) is 1. The van der Waals surface area contributed by atoms with Gasteiger partial charge in [-0.3, -0.25) is 0 Å². The maximum absolute atomic E-state index is 12.9. The average molecular weight is 311 g/mol. The molecule has 1 saturated heterocycles. The number of carboxylic acid groups (broad SMARTS) is 1. The van der Waals surface area contributed by atoms with Crippen LogP contribution in [0, 0.1) is 5.92 Å². The number of hydrogen-bond donors (Lipinski definition) is 3. The quantitative estimate of drug-likeness (QED) is 0.724. The molecule has 0 saturated carbocycles. The Kier molecular flexibility index (Phi) is 5.43. The van der Waals surface area contributed by atoms with Crippen LogP contribution in [0.15, 0.2) is 0 Å². The number of piperidine rings is 1. The molecule has 0 aromatic heterocycles. The second kappa shape index (κ2) is 6.50. The lowest BCUT2D eigenvalue weighted by Crippen LogP contribution is -2.64. The van der Waals surface area contributed by atoms with Gasteiger partial charge in [0.1, 0.15) is 0 Å². The Bertz CT molecular complexity index is 401. The van der Waals surface area contributed by atoms with Crippen LogP contribution in [0.5, 0.6) is 0 Å². The van der Waals surface area contributed by atoms with E-state index in [1.807, 2.05) is 0 Å². The van der Waals surface area contributed by atoms with Crippen LogP contribution in [-0.2, 0) is 4.79 Å². The molecule has 122 valence electrons. The number of rotatable bonds is 4. The van der Waals surface area contributed by atoms with Crippen molar-refractivity contribution < 1.29 is 27.9 Å². The SMILES string of the molecule is CNCC1CCCN(C(=O)NC(C)(C(=O)O)C(F)(F)F)C1. The zero-order valence-corrected chi connectivity index (χ0v) is 12.0. The number of urea groups is 1. The Balaban J connectivity index is 2.76. The first-order valence-corrected chi connectivity index (χ1v) is 6.63. The molecule has 1 rings (SSSR count). The monoisotopic (exact) mass is 311 g/mol. The van der Waals surface area contributed by atoms with Gasteiger partial charge >= 0.3 is 18.2 Å². The highest BCUT2D eigenvalue weighted by atomic mass is 19.4. The smallest absolute Gasteiger partial charge is 0.422 e. The van der Waals surface area contributed by atoms with Crippen LogP contribution >= 0.6 is 0 Å². The fourth-order valence-electron chi connectivity index (χ4n) is 2.24. The van der Waals surface area contributed by atoms with E-state index in [0.29, 0.717) is 33.0 Å². The summed E-state index contributed by atoms with van der Waals surface area (Å²) in [5.74, 6) is -1.98. The van der Waals surface area contributed by atoms with E-state index in [4.69, 9.17) is 5.11 Å². The number of halogens is 3. The number of nitrogens with zero attached hydrogens (tertiary/aromatic N) is 1. The van der Waals surface area contributed by atoms with Crippen molar-refractivity contribution in [2.75, 3.05) is 26.7 Å². The van der Waals surface area contributed by atoms with Crippen LogP contribution < -0.4 is 10.6 Å². The van der Waals surface area contributed by atoms with Crippen molar-refractivity contribution in [2.45, 2.75) is 31.5 Å². The first-order chi connectivity index (χ1) is 9.61. The molecule has 2 amide bonds. The van der Waals surface area contributed by atoms with Gasteiger partial charge < -0.3 is 20.6 Å². The van der Waals surface area contributed by atoms with E-state index in [2.05, 4.69) is 5.32 Å². The summed E-state index contributed by atoms with van der Waals surface area (Å²) in [6.07, 6.45) is -3.52. The van der Waals surface area contributed by atoms with Crippen LogP contribution in [0.25, 0.3) is 0 Å². The van der Waals surface area contributed by atoms with Crippen molar-refractivity contribution in [1.29, 1.82) is 0 Å². The molecular formula is C12H20F3N3O3. The van der Waals surface area contributed by atoms with Crippen molar-refractivity contribution in [3.63, 3.8) is 0 Å². The summed E-state index contributed by atoms with van der Waals surface area (Å²) in [6, 6.07) is -1.00. The van der Waals surface area contributed by atoms with Crippen molar-refractivity contribution in [1.82, 2.24) is 15.5 Å². The molecule has 0 bridgehead atoms. The zero-order valence-electron chi connectivity index (χ0n) is 12.0. The first-order valence-electron chi connectivity index (χ1n) is 6.63. The Morgan fingerprint density at radius 3 is 2.48 bits per heavy atom. The van der Waals surface area contributed by atoms with Crippen LogP contribution in [0.3, 0.4) is 0 Å². The van der Waals surface area contributed by atoms with Gasteiger partial charge in [0.25, 0.3) is 0 Å². The van der Waals surface area contributed by atoms with E-state index >= 15 is 0 Å². The van der Waals surface area contributed by atoms with Crippen molar-refractivity contribution in [3.8, 4) is 0 Å². The number of carbonyl (C=O) groups is 2. The largest absolute Gasteiger partial charge is 0.479 e. The van der Waals surface area contributed by atoms with Crippen molar-refractivity contribution in [3.05, 3.63) is 0 Å². The lowest BCUT2D eigenvalue weighted by Gasteiger charge is -2.36. The summed E-state index contributed by atoms with van der Waals surface area (Å²) in [5.41, 5.74) is -3.29. The summed E-state index contributed by atoms with van der Waals surface area (Å²) < 4.78 is 38.6. The molecule has 2 atom stereocenters. The minimum absolute atomic E-state index is 0.150. The number of alkyl halides is 3. The molecule has 6 nitrogen and oxygen atoms in total. The highest BCUT2D eigenvalue weighted by Crippen LogP contribution is 2.30. The molecule has 0 aromatic carbocycles. The van der Waals surface area contributed by atoms with Gasteiger partial charge in [-0.1, -0.05) is 0 Å². The summed E-state index contributed by atoms with van der Waals surface area (Å²) in [5, 5.41) is 13.4. The third-order valence-electron chi connectivity index (χ3n) is 3.65. The van der Waals surface area contributed by atoms with Gasteiger partial charge in [-0.25, -0.2) is 9.59 Å². The predicted octanol–water partition coefficient (Wildman–Crippen LogP) is 1.03. The molecule has 0 radical (unpaired) electrons. The van der Waals surface area contributed by atoms with Crippen LogP contribution in [-0.4, -0.2) is 60.4 Å². The topological polar surface area (TPSA) is 81.7 Å². The summed E-state index contributed by atoms with van der Waals surface area (Å²) in [6.45, 7) is 1.72. The Morgan fingerprint density at radius 2 is 2.00 bits per heavy atom. The Labute approximate surface area is 120 Å². The zero-order chi connectivity index (χ0) is 16.3. The van der Waals surface area contributed by atoms with E-state index in [1.54, 1.807) is 12.4 Å². The fourth-order valence-corrected chi connectivity index (χ4v) is 2.24. The summed E-state index contributed by atoms with van der Waals surface area (Å²) >= 11 is 0. The van der Waals surface area contributed by atoms with E-state index in [1.165, 1.54) is 4.90 Å². The van der Waals surface area contributed by atoms with E-state index in [0.717, 1.165) is 6.42 Å². The third kappa shape index (κ3) is 3.99. The summed E-state index contributed by atoms with van der Waals surface area (Å²) in [7, 11) is 1.75. The molecule has 1 aliphatic rings. The van der Waals surface area contributed by atoms with E-state index in [9.17, 15) is 22.8 Å². The highest BCUT2D eigenvalue weighted by molar-refractivity contribution is 5.86. The fraction of sp³-hybridized carbons (Fsp3) is 0.833. The molecule has 0 spiro atoms. The molecule has 3 N–H and O–H groups in total. The number of amides is 2. The molecule has 0 aliphatic carbocycles. The summed E-state index contributed by atoms with van der Waals surface area (Å²) in [4.78, 5) is 24.1. The van der Waals surface area contributed by atoms with E-state index < -0.39 is 23.7 Å². The predicted molar refractivity (Wildman–Crippen MR) is 68.9 cm³/mol. The highest BCUT2D eigenvalue weighted by Gasteiger charge is 2.58. The Hall–Kier alpha value is -1.51. The number of aliphatic carboxylic acids is 1. The van der Waals surface area contributed by atoms with Crippen LogP contribution in [0.2, 0.25) is 0 Å². The number of hydrogen-bond acceptors (Lipinski definition) is 3. The molecule has 1 heterocycles. The second-order valence-corrected chi connectivity index (χ2v) is 5.37. The van der Waals surface area contributed by atoms with Gasteiger partial charge in [0.05, 0.1) is 0 Å². The van der Waals surface area contributed by atoms with Gasteiger partial charge in [-0.15, -0.1) is 0 Å². The third-order valence-corrected chi connectivity index (χ3v) is 3.65. The lowest BCUT2D eigenvalue weighted by molar-refractivity contribution is -0.203. The first kappa shape index (κ1) is 17.5. The average Bonchev–Trinajstić information content (AvgIpc) is 2.37. The van der Waals surface area contributed by atoms with Gasteiger partial charge in [-0.05, 0) is 39.3 Å². The molecular weight excluding hydrogens is 291 g/mol. The van der Waals surface area contributed by atoms with Gasteiger partial charge in [0.15, 0.2) is 0 Å². The second-order valence-electron chi connectivity index (χ2n) is 5.37. The minimum atomic E-state index is -5.07. The molecule has 2 unspecified atom stereocenters. The molecule has 0 aromatic rings. The van der Waals surface area contributed by atoms with Gasteiger partial charge in [-0.2, -0.15) is 13.2 Å². The number of carboxylic acids is 1. The van der Waals surface area contributed by atoms with Crippen molar-refractivity contribution in [2.24, 2.45) is 5.92 Å². The standard InChI is InChI=1S/C12H20F3N3O3/c1-11(9(19)20,12(13,14)15)17-10(21)18-5-3-4-8(7-18)6-16-2/h8,16H,3-7H2,1-2H3,(H,17,21)(H,19,20). The minimum Gasteiger partial charge on any atom is -0.479 e. The van der Waals surface area contributed by atoms with Gasteiger partial charge in [0.2, 0.25) is 5.54 Å². The maximum Gasteiger partial charge on any atom is 0.422 e. The maximum atomic E-state index is 12.9. The molecule has 21 heavy (non-hydrogen) atoms. The number of carbonyl (C=O) groups excluding carboxylic acids is 1. The normalized spacial score (nSPS) is 22.5. The van der Waals surface area contributed by atoms with Crippen molar-refractivity contribution >= 4 is 12.0 Å². The Morgan fingerprint density at radius 1 is 1.38 bits per heavy atom. The van der Waals surface area contributed by atoms with Gasteiger partial charge in [0, 0.05) is 13.1 Å². The van der Waals surface area contributed by atoms with Crippen LogP contribution in [0.4, 0.5) is 18.0 Å². The molecule has 9 heteroatoms. The van der Waals surface area contributed by atoms with E-state index in [-0.39, 0.29) is 5.92 Å². The van der Waals surface area contributed by atoms with Crippen LogP contribution in [0.1, 0.15) is 19.8 Å². The molecule has 1 fully saturated rings. The number of nitrogens with one attached hydrogen (secondary N) is 2. The lowest BCUT2D eigenvalue weighted by atomic mass is 9.98. The molecule has 1 aliphatic heterocycles.